The summed E-state index contributed by atoms with van der Waals surface area (Å²) < 4.78 is 1.37. The molecular weight excluding hydrogens is 306 g/mol. The van der Waals surface area contributed by atoms with Gasteiger partial charge in [-0.05, 0) is 12.1 Å². The van der Waals surface area contributed by atoms with Crippen molar-refractivity contribution in [1.29, 1.82) is 5.26 Å². The Morgan fingerprint density at radius 2 is 1.95 bits per heavy atom. The van der Waals surface area contributed by atoms with E-state index in [0.29, 0.717) is 10.7 Å². The van der Waals surface area contributed by atoms with E-state index >= 15 is 0 Å². The maximum atomic E-state index is 12.0. The first-order valence-electron chi connectivity index (χ1n) is 6.13. The van der Waals surface area contributed by atoms with Crippen molar-refractivity contribution in [2.75, 3.05) is 4.90 Å². The summed E-state index contributed by atoms with van der Waals surface area (Å²) in [5, 5.41) is 9.11. The van der Waals surface area contributed by atoms with E-state index in [1.165, 1.54) is 23.1 Å². The maximum absolute atomic E-state index is 12.0. The van der Waals surface area contributed by atoms with Gasteiger partial charge in [0.2, 0.25) is 11.8 Å². The molecule has 0 aliphatic carbocycles. The summed E-state index contributed by atoms with van der Waals surface area (Å²) in [6.45, 7) is 2.81. The Kier molecular flexibility index (Phi) is 4.60. The zero-order valence-electron chi connectivity index (χ0n) is 11.5. The van der Waals surface area contributed by atoms with Gasteiger partial charge in [-0.1, -0.05) is 18.2 Å². The van der Waals surface area contributed by atoms with Crippen molar-refractivity contribution >= 4 is 42.1 Å². The first-order valence-corrected chi connectivity index (χ1v) is 7.42. The van der Waals surface area contributed by atoms with Gasteiger partial charge in [-0.3, -0.25) is 18.8 Å². The third-order valence-electron chi connectivity index (χ3n) is 2.86. The van der Waals surface area contributed by atoms with Gasteiger partial charge in [0.05, 0.1) is 5.57 Å². The highest BCUT2D eigenvalue weighted by Gasteiger charge is 2.37. The van der Waals surface area contributed by atoms with Gasteiger partial charge in [0, 0.05) is 31.5 Å². The van der Waals surface area contributed by atoms with E-state index in [1.54, 1.807) is 24.3 Å². The molecule has 1 aromatic rings. The number of carbonyl (C=O) groups excluding carboxylic acids is 2. The van der Waals surface area contributed by atoms with E-state index in [4.69, 9.17) is 0 Å². The van der Waals surface area contributed by atoms with Gasteiger partial charge in [-0.25, -0.2) is 0 Å². The molecule has 0 saturated heterocycles. The van der Waals surface area contributed by atoms with E-state index in [2.05, 4.69) is 12.6 Å². The SMILES string of the molecule is CC(=O)N(C1=C(C#N)C(S)N(C(C)=O)S1)c1ccccc1. The maximum Gasteiger partial charge on any atom is 0.230 e. The molecule has 0 fully saturated rings. The molecule has 1 aliphatic rings. The van der Waals surface area contributed by atoms with Gasteiger partial charge in [0.25, 0.3) is 0 Å². The summed E-state index contributed by atoms with van der Waals surface area (Å²) in [5.41, 5.74) is 0.934. The summed E-state index contributed by atoms with van der Waals surface area (Å²) in [6, 6.07) is 11.0. The number of carbonyl (C=O) groups is 2. The van der Waals surface area contributed by atoms with Crippen LogP contribution in [0.2, 0.25) is 0 Å². The van der Waals surface area contributed by atoms with Gasteiger partial charge in [-0.15, -0.1) is 12.6 Å². The predicted octanol–water partition coefficient (Wildman–Crippen LogP) is 2.54. The van der Waals surface area contributed by atoms with Crippen molar-refractivity contribution in [3.63, 3.8) is 0 Å². The Hall–Kier alpha value is -1.91. The van der Waals surface area contributed by atoms with Gasteiger partial charge in [-0.2, -0.15) is 5.26 Å². The van der Waals surface area contributed by atoms with Crippen LogP contribution in [0.1, 0.15) is 13.8 Å². The van der Waals surface area contributed by atoms with Gasteiger partial charge in [0.1, 0.15) is 16.5 Å². The number of amides is 2. The number of para-hydroxylation sites is 1. The standard InChI is InChI=1S/C14H13N3O2S2/c1-9(18)16(11-6-4-3-5-7-11)14-12(8-15)13(20)17(21-14)10(2)19/h3-7,13,20H,1-2H3. The van der Waals surface area contributed by atoms with E-state index in [1.807, 2.05) is 12.1 Å². The molecule has 1 heterocycles. The molecule has 0 N–H and O–H groups in total. The number of rotatable bonds is 2. The fraction of sp³-hybridized carbons (Fsp3) is 0.214. The lowest BCUT2D eigenvalue weighted by Gasteiger charge is -2.22. The lowest BCUT2D eigenvalue weighted by molar-refractivity contribution is -0.123. The molecule has 21 heavy (non-hydrogen) atoms. The first kappa shape index (κ1) is 15.5. The van der Waals surface area contributed by atoms with Crippen LogP contribution >= 0.6 is 24.6 Å². The molecule has 0 saturated carbocycles. The van der Waals surface area contributed by atoms with Crippen LogP contribution in [0.15, 0.2) is 40.9 Å². The molecule has 0 spiro atoms. The number of hydrogen-bond donors (Lipinski definition) is 1. The van der Waals surface area contributed by atoms with Crippen LogP contribution in [0.4, 0.5) is 5.69 Å². The second-order valence-corrected chi connectivity index (χ2v) is 5.78. The molecule has 1 aromatic carbocycles. The molecule has 108 valence electrons. The topological polar surface area (TPSA) is 64.4 Å². The van der Waals surface area contributed by atoms with Crippen LogP contribution in [0.3, 0.4) is 0 Å². The van der Waals surface area contributed by atoms with Crippen molar-refractivity contribution in [2.45, 2.75) is 19.2 Å². The Bertz CT molecular complexity index is 652. The molecule has 0 bridgehead atoms. The van der Waals surface area contributed by atoms with Gasteiger partial charge in [0.15, 0.2) is 0 Å². The Labute approximate surface area is 132 Å². The number of nitriles is 1. The number of benzene rings is 1. The van der Waals surface area contributed by atoms with Crippen molar-refractivity contribution in [1.82, 2.24) is 4.31 Å². The lowest BCUT2D eigenvalue weighted by atomic mass is 10.2. The molecule has 5 nitrogen and oxygen atoms in total. The van der Waals surface area contributed by atoms with E-state index < -0.39 is 5.37 Å². The summed E-state index contributed by atoms with van der Waals surface area (Å²) in [7, 11) is 0. The minimum absolute atomic E-state index is 0.223. The fourth-order valence-electron chi connectivity index (χ4n) is 1.94. The molecule has 2 amide bonds. The smallest absolute Gasteiger partial charge is 0.230 e. The van der Waals surface area contributed by atoms with E-state index in [-0.39, 0.29) is 17.4 Å². The van der Waals surface area contributed by atoms with Crippen molar-refractivity contribution in [3.05, 3.63) is 40.9 Å². The average Bonchev–Trinajstić information content (AvgIpc) is 2.76. The highest BCUT2D eigenvalue weighted by molar-refractivity contribution is 8.02. The third kappa shape index (κ3) is 2.91. The number of anilines is 1. The minimum Gasteiger partial charge on any atom is -0.274 e. The average molecular weight is 319 g/mol. The van der Waals surface area contributed by atoms with Crippen molar-refractivity contribution in [3.8, 4) is 6.07 Å². The summed E-state index contributed by atoms with van der Waals surface area (Å²) >= 11 is 5.36. The van der Waals surface area contributed by atoms with Crippen LogP contribution in [-0.4, -0.2) is 21.5 Å². The number of thiol groups is 1. The molecule has 1 atom stereocenters. The quantitative estimate of drug-likeness (QED) is 0.672. The molecule has 1 aliphatic heterocycles. The second kappa shape index (κ2) is 6.24. The fourth-order valence-corrected chi connectivity index (χ4v) is 3.61. The van der Waals surface area contributed by atoms with Crippen molar-refractivity contribution in [2.24, 2.45) is 0 Å². The Morgan fingerprint density at radius 1 is 1.33 bits per heavy atom. The molecule has 0 aromatic heterocycles. The van der Waals surface area contributed by atoms with E-state index in [9.17, 15) is 14.9 Å². The largest absolute Gasteiger partial charge is 0.274 e. The molecule has 7 heteroatoms. The normalized spacial score (nSPS) is 17.6. The van der Waals surface area contributed by atoms with Crippen LogP contribution in [0, 0.1) is 11.3 Å². The molecular formula is C14H13N3O2S2. The molecule has 0 radical (unpaired) electrons. The summed E-state index contributed by atoms with van der Waals surface area (Å²) in [4.78, 5) is 25.1. The van der Waals surface area contributed by atoms with Crippen LogP contribution in [0.5, 0.6) is 0 Å². The zero-order chi connectivity index (χ0) is 15.6. The third-order valence-corrected chi connectivity index (χ3v) is 4.74. The highest BCUT2D eigenvalue weighted by Crippen LogP contribution is 2.42. The summed E-state index contributed by atoms with van der Waals surface area (Å²) in [6.07, 6.45) is 0. The molecule has 1 unspecified atom stereocenters. The van der Waals surface area contributed by atoms with Crippen LogP contribution in [0.25, 0.3) is 0 Å². The summed E-state index contributed by atoms with van der Waals surface area (Å²) in [5.74, 6) is -0.457. The second-order valence-electron chi connectivity index (χ2n) is 4.33. The monoisotopic (exact) mass is 319 g/mol. The van der Waals surface area contributed by atoms with Crippen LogP contribution < -0.4 is 4.90 Å². The molecule has 2 rings (SSSR count). The van der Waals surface area contributed by atoms with Crippen LogP contribution in [-0.2, 0) is 9.59 Å². The number of hydrogen-bond acceptors (Lipinski definition) is 5. The predicted molar refractivity (Wildman–Crippen MR) is 85.1 cm³/mol. The minimum atomic E-state index is -0.655. The first-order chi connectivity index (χ1) is 9.97. The Morgan fingerprint density at radius 3 is 2.43 bits per heavy atom. The Balaban J connectivity index is 2.50. The van der Waals surface area contributed by atoms with E-state index in [0.717, 1.165) is 11.9 Å². The van der Waals surface area contributed by atoms with Gasteiger partial charge >= 0.3 is 0 Å². The number of nitrogens with zero attached hydrogens (tertiary/aromatic N) is 3. The zero-order valence-corrected chi connectivity index (χ0v) is 13.2. The van der Waals surface area contributed by atoms with Gasteiger partial charge < -0.3 is 0 Å². The lowest BCUT2D eigenvalue weighted by Crippen LogP contribution is -2.27. The highest BCUT2D eigenvalue weighted by atomic mass is 32.2. The van der Waals surface area contributed by atoms with Crippen molar-refractivity contribution < 1.29 is 9.59 Å².